The molecule has 236 valence electrons. The van der Waals surface area contributed by atoms with E-state index in [0.717, 1.165) is 6.42 Å². The van der Waals surface area contributed by atoms with Gasteiger partial charge in [0.25, 0.3) is 0 Å². The molecule has 7 aromatic carbocycles. The van der Waals surface area contributed by atoms with Gasteiger partial charge in [-0.2, -0.15) is 0 Å². The van der Waals surface area contributed by atoms with Gasteiger partial charge >= 0.3 is 0 Å². The second-order valence-corrected chi connectivity index (χ2v) is 14.9. The SMILES string of the molecule is CC1C=Cc2sc3c(-c4ccc(-n5c6ccccc6c6cc7c8c9ccccc9ccc8n(-c8ccccc8)c7cc65)cc4)cccc3c2C1. The predicted molar refractivity (Wildman–Crippen MR) is 215 cm³/mol. The van der Waals surface area contributed by atoms with Crippen LogP contribution < -0.4 is 0 Å². The Morgan fingerprint density at radius 3 is 2.14 bits per heavy atom. The molecule has 1 unspecified atom stereocenters. The summed E-state index contributed by atoms with van der Waals surface area (Å²) in [6.07, 6.45) is 5.81. The van der Waals surface area contributed by atoms with E-state index in [1.54, 1.807) is 0 Å². The Hall–Kier alpha value is -5.90. The van der Waals surface area contributed by atoms with Gasteiger partial charge in [0.2, 0.25) is 0 Å². The molecular weight excluding hydrogens is 625 g/mol. The summed E-state index contributed by atoms with van der Waals surface area (Å²) in [6.45, 7) is 2.31. The van der Waals surface area contributed by atoms with E-state index < -0.39 is 0 Å². The number of rotatable bonds is 3. The first-order valence-corrected chi connectivity index (χ1v) is 18.3. The summed E-state index contributed by atoms with van der Waals surface area (Å²) in [4.78, 5) is 1.42. The highest BCUT2D eigenvalue weighted by molar-refractivity contribution is 7.20. The van der Waals surface area contributed by atoms with Gasteiger partial charge in [-0.25, -0.2) is 0 Å². The lowest BCUT2D eigenvalue weighted by Crippen LogP contribution is -2.00. The molecule has 3 heteroatoms. The molecule has 0 spiro atoms. The summed E-state index contributed by atoms with van der Waals surface area (Å²) in [5.41, 5.74) is 11.3. The smallest absolute Gasteiger partial charge is 0.0562 e. The van der Waals surface area contributed by atoms with Gasteiger partial charge in [0, 0.05) is 42.5 Å². The van der Waals surface area contributed by atoms with Crippen molar-refractivity contribution in [3.8, 4) is 22.5 Å². The van der Waals surface area contributed by atoms with Crippen molar-refractivity contribution in [2.45, 2.75) is 13.3 Å². The van der Waals surface area contributed by atoms with Gasteiger partial charge in [0.05, 0.1) is 22.1 Å². The standard InChI is InChI=1S/C47H32N2S/c1-29-18-25-45-39(26-29)37-16-9-15-35(47(37)50-45)31-19-22-33(23-20-31)48-41-17-8-7-14-36(41)38-27-40-44(28-43(38)48)49(32-11-3-2-4-12-32)42-24-21-30-10-5-6-13-34(30)46(40)42/h2-25,27-29H,26H2,1H3. The van der Waals surface area contributed by atoms with Crippen LogP contribution in [0.4, 0.5) is 0 Å². The minimum atomic E-state index is 0.587. The van der Waals surface area contributed by atoms with Crippen LogP contribution in [0.15, 0.2) is 152 Å². The molecule has 0 saturated carbocycles. The molecule has 11 rings (SSSR count). The predicted octanol–water partition coefficient (Wildman–Crippen LogP) is 13.1. The fourth-order valence-corrected chi connectivity index (χ4v) is 9.86. The van der Waals surface area contributed by atoms with Crippen molar-refractivity contribution in [1.82, 2.24) is 9.13 Å². The zero-order chi connectivity index (χ0) is 32.9. The zero-order valence-electron chi connectivity index (χ0n) is 27.6. The van der Waals surface area contributed by atoms with Gasteiger partial charge in [-0.1, -0.05) is 110 Å². The number of thiophene rings is 1. The number of hydrogen-bond donors (Lipinski definition) is 0. The minimum absolute atomic E-state index is 0.587. The zero-order valence-corrected chi connectivity index (χ0v) is 28.4. The van der Waals surface area contributed by atoms with E-state index in [2.05, 4.69) is 174 Å². The Kier molecular flexibility index (Phi) is 5.90. The third-order valence-electron chi connectivity index (χ3n) is 10.9. The number of fused-ring (bicyclic) bond motifs is 11. The fraction of sp³-hybridized carbons (Fsp3) is 0.0638. The average molecular weight is 657 g/mol. The van der Waals surface area contributed by atoms with E-state index in [4.69, 9.17) is 0 Å². The first kappa shape index (κ1) is 28.0. The topological polar surface area (TPSA) is 9.86 Å². The van der Waals surface area contributed by atoms with Crippen LogP contribution in [0, 0.1) is 5.92 Å². The van der Waals surface area contributed by atoms with E-state index in [1.165, 1.54) is 97.4 Å². The number of para-hydroxylation sites is 2. The second kappa shape index (κ2) is 10.5. The Morgan fingerprint density at radius 2 is 1.26 bits per heavy atom. The summed E-state index contributed by atoms with van der Waals surface area (Å²) in [5.74, 6) is 0.587. The summed E-state index contributed by atoms with van der Waals surface area (Å²) in [7, 11) is 0. The Labute approximate surface area is 293 Å². The lowest BCUT2D eigenvalue weighted by molar-refractivity contribution is 0.724. The Bertz CT molecular complexity index is 3010. The summed E-state index contributed by atoms with van der Waals surface area (Å²) in [6, 6.07) is 53.9. The van der Waals surface area contributed by atoms with E-state index in [0.29, 0.717) is 5.92 Å². The molecule has 0 amide bonds. The average Bonchev–Trinajstić information content (AvgIpc) is 3.81. The van der Waals surface area contributed by atoms with Crippen molar-refractivity contribution in [2.75, 3.05) is 0 Å². The monoisotopic (exact) mass is 656 g/mol. The van der Waals surface area contributed by atoms with Gasteiger partial charge in [0.15, 0.2) is 0 Å². The maximum Gasteiger partial charge on any atom is 0.0562 e. The van der Waals surface area contributed by atoms with Crippen LogP contribution in [0.1, 0.15) is 17.4 Å². The van der Waals surface area contributed by atoms with Crippen molar-refractivity contribution in [3.63, 3.8) is 0 Å². The first-order chi connectivity index (χ1) is 24.7. The Balaban J connectivity index is 1.16. The van der Waals surface area contributed by atoms with Gasteiger partial charge in [-0.15, -0.1) is 11.3 Å². The molecule has 3 heterocycles. The van der Waals surface area contributed by atoms with Crippen molar-refractivity contribution >= 4 is 81.9 Å². The first-order valence-electron chi connectivity index (χ1n) is 17.5. The molecule has 3 aromatic heterocycles. The van der Waals surface area contributed by atoms with Crippen LogP contribution in [-0.2, 0) is 6.42 Å². The molecule has 1 aliphatic carbocycles. The largest absolute Gasteiger partial charge is 0.309 e. The van der Waals surface area contributed by atoms with Crippen LogP contribution in [0.25, 0.3) is 93.0 Å². The normalized spacial score (nSPS) is 14.5. The van der Waals surface area contributed by atoms with Crippen molar-refractivity contribution in [3.05, 3.63) is 162 Å². The molecule has 2 nitrogen and oxygen atoms in total. The summed E-state index contributed by atoms with van der Waals surface area (Å²) in [5, 5.41) is 9.09. The molecule has 0 radical (unpaired) electrons. The molecule has 1 atom stereocenters. The highest BCUT2D eigenvalue weighted by Crippen LogP contribution is 2.44. The highest BCUT2D eigenvalue weighted by Gasteiger charge is 2.21. The molecular formula is C47H32N2S. The van der Waals surface area contributed by atoms with Gasteiger partial charge in [-0.05, 0) is 99.8 Å². The van der Waals surface area contributed by atoms with E-state index in [-0.39, 0.29) is 0 Å². The van der Waals surface area contributed by atoms with Gasteiger partial charge in [-0.3, -0.25) is 0 Å². The summed E-state index contributed by atoms with van der Waals surface area (Å²) >= 11 is 1.94. The summed E-state index contributed by atoms with van der Waals surface area (Å²) < 4.78 is 6.29. The molecule has 0 aliphatic heterocycles. The van der Waals surface area contributed by atoms with E-state index in [9.17, 15) is 0 Å². The fourth-order valence-electron chi connectivity index (χ4n) is 8.58. The number of hydrogen-bond acceptors (Lipinski definition) is 1. The van der Waals surface area contributed by atoms with Crippen LogP contribution in [0.2, 0.25) is 0 Å². The van der Waals surface area contributed by atoms with E-state index in [1.807, 2.05) is 11.3 Å². The lowest BCUT2D eigenvalue weighted by Gasteiger charge is -2.12. The molecule has 0 saturated heterocycles. The Morgan fingerprint density at radius 1 is 0.540 bits per heavy atom. The highest BCUT2D eigenvalue weighted by atomic mass is 32.1. The van der Waals surface area contributed by atoms with Crippen molar-refractivity contribution < 1.29 is 0 Å². The molecule has 50 heavy (non-hydrogen) atoms. The van der Waals surface area contributed by atoms with Gasteiger partial charge in [0.1, 0.15) is 0 Å². The number of allylic oxidation sites excluding steroid dienone is 1. The molecule has 0 N–H and O–H groups in total. The molecule has 0 fully saturated rings. The van der Waals surface area contributed by atoms with Crippen LogP contribution in [0.3, 0.4) is 0 Å². The number of aromatic nitrogens is 2. The van der Waals surface area contributed by atoms with E-state index >= 15 is 0 Å². The molecule has 0 bridgehead atoms. The lowest BCUT2D eigenvalue weighted by atomic mass is 9.92. The van der Waals surface area contributed by atoms with Gasteiger partial charge < -0.3 is 9.13 Å². The number of benzene rings is 7. The third kappa shape index (κ3) is 3.95. The van der Waals surface area contributed by atoms with Crippen LogP contribution >= 0.6 is 11.3 Å². The quantitative estimate of drug-likeness (QED) is 0.179. The number of nitrogens with zero attached hydrogens (tertiary/aromatic N) is 2. The van der Waals surface area contributed by atoms with Crippen LogP contribution in [-0.4, -0.2) is 9.13 Å². The van der Waals surface area contributed by atoms with Crippen molar-refractivity contribution in [2.24, 2.45) is 5.92 Å². The second-order valence-electron chi connectivity index (χ2n) is 13.8. The maximum atomic E-state index is 2.45. The maximum absolute atomic E-state index is 2.45. The minimum Gasteiger partial charge on any atom is -0.309 e. The van der Waals surface area contributed by atoms with Crippen LogP contribution in [0.5, 0.6) is 0 Å². The molecule has 1 aliphatic rings. The van der Waals surface area contributed by atoms with Crippen molar-refractivity contribution in [1.29, 1.82) is 0 Å². The molecule has 10 aromatic rings. The third-order valence-corrected chi connectivity index (χ3v) is 12.1.